The van der Waals surface area contributed by atoms with Gasteiger partial charge in [-0.2, -0.15) is 5.10 Å². The number of pyridine rings is 1. The lowest BCUT2D eigenvalue weighted by Gasteiger charge is -2.04. The van der Waals surface area contributed by atoms with Gasteiger partial charge in [-0.15, -0.1) is 0 Å². The molecule has 0 aliphatic heterocycles. The molecule has 0 bridgehead atoms. The molecule has 2 aromatic rings. The molecule has 0 radical (unpaired) electrons. The van der Waals surface area contributed by atoms with Gasteiger partial charge in [0, 0.05) is 18.9 Å². The molecule has 0 aliphatic carbocycles. The van der Waals surface area contributed by atoms with Gasteiger partial charge in [-0.3, -0.25) is 5.10 Å². The molecule has 0 atom stereocenters. The minimum atomic E-state index is -3.63. The van der Waals surface area contributed by atoms with Crippen LogP contribution in [-0.2, 0) is 16.6 Å². The van der Waals surface area contributed by atoms with Crippen LogP contribution in [0.25, 0.3) is 0 Å². The van der Waals surface area contributed by atoms with Crippen molar-refractivity contribution < 1.29 is 18.3 Å². The number of sulfonamides is 1. The molecule has 0 aliphatic rings. The van der Waals surface area contributed by atoms with Crippen LogP contribution in [0.1, 0.15) is 16.1 Å². The Morgan fingerprint density at radius 1 is 1.37 bits per heavy atom. The Labute approximate surface area is 108 Å². The zero-order valence-corrected chi connectivity index (χ0v) is 10.4. The van der Waals surface area contributed by atoms with Crippen molar-refractivity contribution in [3.8, 4) is 0 Å². The van der Waals surface area contributed by atoms with Crippen molar-refractivity contribution in [2.45, 2.75) is 11.4 Å². The third kappa shape index (κ3) is 3.14. The number of carboxylic acid groups (broad SMARTS) is 1. The van der Waals surface area contributed by atoms with Crippen molar-refractivity contribution in [1.82, 2.24) is 19.9 Å². The van der Waals surface area contributed by atoms with Crippen LogP contribution in [0.2, 0.25) is 0 Å². The van der Waals surface area contributed by atoms with Crippen LogP contribution >= 0.6 is 0 Å². The number of hydrogen-bond donors (Lipinski definition) is 3. The number of carboxylic acids is 1. The predicted octanol–water partition coefficient (Wildman–Crippen LogP) is -0.0186. The van der Waals surface area contributed by atoms with Gasteiger partial charge in [0.1, 0.15) is 10.6 Å². The molecule has 2 aromatic heterocycles. The summed E-state index contributed by atoms with van der Waals surface area (Å²) in [4.78, 5) is 14.3. The number of nitrogens with one attached hydrogen (secondary N) is 2. The maximum Gasteiger partial charge on any atom is 0.354 e. The summed E-state index contributed by atoms with van der Waals surface area (Å²) < 4.78 is 25.9. The van der Waals surface area contributed by atoms with Crippen molar-refractivity contribution in [3.63, 3.8) is 0 Å². The summed E-state index contributed by atoms with van der Waals surface area (Å²) in [5, 5.41) is 14.6. The second-order valence-corrected chi connectivity index (χ2v) is 5.38. The summed E-state index contributed by atoms with van der Waals surface area (Å²) in [6, 6.07) is 2.80. The molecular formula is C10H10N4O4S. The molecule has 0 saturated carbocycles. The van der Waals surface area contributed by atoms with Crippen molar-refractivity contribution in [2.24, 2.45) is 0 Å². The van der Waals surface area contributed by atoms with E-state index in [9.17, 15) is 13.2 Å². The van der Waals surface area contributed by atoms with Crippen molar-refractivity contribution in [1.29, 1.82) is 0 Å². The number of H-pyrrole nitrogens is 1. The average Bonchev–Trinajstić information content (AvgIpc) is 2.91. The van der Waals surface area contributed by atoms with Gasteiger partial charge in [0.25, 0.3) is 0 Å². The van der Waals surface area contributed by atoms with E-state index < -0.39 is 16.0 Å². The fraction of sp³-hybridized carbons (Fsp3) is 0.100. The average molecular weight is 282 g/mol. The molecule has 0 fully saturated rings. The van der Waals surface area contributed by atoms with Crippen LogP contribution in [0.4, 0.5) is 0 Å². The minimum Gasteiger partial charge on any atom is -0.477 e. The molecule has 0 unspecified atom stereocenters. The molecule has 2 rings (SSSR count). The first kappa shape index (κ1) is 13.2. The van der Waals surface area contributed by atoms with Crippen LogP contribution in [-0.4, -0.2) is 34.7 Å². The van der Waals surface area contributed by atoms with Crippen molar-refractivity contribution in [3.05, 3.63) is 42.0 Å². The van der Waals surface area contributed by atoms with Crippen LogP contribution in [0.15, 0.2) is 35.6 Å². The Morgan fingerprint density at radius 2 is 2.16 bits per heavy atom. The van der Waals surface area contributed by atoms with E-state index in [4.69, 9.17) is 5.11 Å². The van der Waals surface area contributed by atoms with Gasteiger partial charge in [-0.25, -0.2) is 22.9 Å². The summed E-state index contributed by atoms with van der Waals surface area (Å²) in [5.74, 6) is -1.13. The van der Waals surface area contributed by atoms with E-state index in [0.29, 0.717) is 5.56 Å². The van der Waals surface area contributed by atoms with Gasteiger partial charge in [0.2, 0.25) is 10.0 Å². The molecule has 9 heteroatoms. The van der Waals surface area contributed by atoms with Crippen molar-refractivity contribution in [2.75, 3.05) is 0 Å². The predicted molar refractivity (Wildman–Crippen MR) is 63.8 cm³/mol. The van der Waals surface area contributed by atoms with E-state index in [0.717, 1.165) is 0 Å². The summed E-state index contributed by atoms with van der Waals surface area (Å²) in [6.07, 6.45) is 3.75. The van der Waals surface area contributed by atoms with Gasteiger partial charge >= 0.3 is 5.97 Å². The summed E-state index contributed by atoms with van der Waals surface area (Å²) in [5.41, 5.74) is 0.457. The second kappa shape index (κ2) is 5.16. The van der Waals surface area contributed by atoms with Crippen LogP contribution < -0.4 is 4.72 Å². The molecule has 0 amide bonds. The zero-order valence-electron chi connectivity index (χ0n) is 9.57. The first-order valence-electron chi connectivity index (χ1n) is 5.16. The maximum absolute atomic E-state index is 11.8. The topological polar surface area (TPSA) is 125 Å². The van der Waals surface area contributed by atoms with E-state index in [1.165, 1.54) is 30.7 Å². The summed E-state index contributed by atoms with van der Waals surface area (Å²) in [7, 11) is -3.63. The lowest BCUT2D eigenvalue weighted by atomic mass is 10.2. The Hall–Kier alpha value is -2.26. The molecular weight excluding hydrogens is 272 g/mol. The summed E-state index contributed by atoms with van der Waals surface area (Å²) >= 11 is 0. The normalized spacial score (nSPS) is 11.4. The molecule has 2 heterocycles. The highest BCUT2D eigenvalue weighted by molar-refractivity contribution is 7.89. The number of aromatic carboxylic acids is 1. The van der Waals surface area contributed by atoms with Gasteiger partial charge in [-0.05, 0) is 11.6 Å². The highest BCUT2D eigenvalue weighted by atomic mass is 32.2. The molecule has 19 heavy (non-hydrogen) atoms. The quantitative estimate of drug-likeness (QED) is 0.707. The van der Waals surface area contributed by atoms with Gasteiger partial charge in [-0.1, -0.05) is 6.07 Å². The monoisotopic (exact) mass is 282 g/mol. The van der Waals surface area contributed by atoms with Gasteiger partial charge in [0.15, 0.2) is 0 Å². The second-order valence-electron chi connectivity index (χ2n) is 3.62. The molecule has 0 aromatic carbocycles. The van der Waals surface area contributed by atoms with E-state index >= 15 is 0 Å². The fourth-order valence-electron chi connectivity index (χ4n) is 1.30. The van der Waals surface area contributed by atoms with Crippen LogP contribution in [0.5, 0.6) is 0 Å². The first-order valence-corrected chi connectivity index (χ1v) is 6.64. The lowest BCUT2D eigenvalue weighted by molar-refractivity contribution is 0.0690. The van der Waals surface area contributed by atoms with Gasteiger partial charge < -0.3 is 5.11 Å². The highest BCUT2D eigenvalue weighted by Gasteiger charge is 2.14. The highest BCUT2D eigenvalue weighted by Crippen LogP contribution is 2.06. The van der Waals surface area contributed by atoms with E-state index in [1.54, 1.807) is 0 Å². The van der Waals surface area contributed by atoms with Crippen LogP contribution in [0.3, 0.4) is 0 Å². The smallest absolute Gasteiger partial charge is 0.354 e. The Morgan fingerprint density at radius 3 is 2.68 bits per heavy atom. The SMILES string of the molecule is O=C(O)c1ccc(CNS(=O)(=O)c2cn[nH]c2)cn1. The van der Waals surface area contributed by atoms with Crippen LogP contribution in [0, 0.1) is 0 Å². The third-order valence-electron chi connectivity index (χ3n) is 2.29. The largest absolute Gasteiger partial charge is 0.477 e. The zero-order chi connectivity index (χ0) is 13.9. The molecule has 0 spiro atoms. The number of aromatic nitrogens is 3. The van der Waals surface area contributed by atoms with E-state index in [1.807, 2.05) is 0 Å². The Bertz CT molecular complexity index is 664. The van der Waals surface area contributed by atoms with Gasteiger partial charge in [0.05, 0.1) is 6.20 Å². The Kier molecular flexibility index (Phi) is 3.58. The number of rotatable bonds is 5. The maximum atomic E-state index is 11.8. The molecule has 8 nitrogen and oxygen atoms in total. The molecule has 0 saturated heterocycles. The number of nitrogens with zero attached hydrogens (tertiary/aromatic N) is 2. The van der Waals surface area contributed by atoms with Crippen molar-refractivity contribution >= 4 is 16.0 Å². The summed E-state index contributed by atoms with van der Waals surface area (Å²) in [6.45, 7) is 0.0143. The standard InChI is InChI=1S/C10H10N4O4S/c15-10(16)9-2-1-7(3-11-9)4-14-19(17,18)8-5-12-13-6-8/h1-3,5-6,14H,4H2,(H,12,13)(H,15,16). The lowest BCUT2D eigenvalue weighted by Crippen LogP contribution is -2.23. The fourth-order valence-corrected chi connectivity index (χ4v) is 2.23. The van der Waals surface area contributed by atoms with E-state index in [2.05, 4.69) is 19.9 Å². The molecule has 100 valence electrons. The Balaban J connectivity index is 2.05. The minimum absolute atomic E-state index is 0.0143. The number of hydrogen-bond acceptors (Lipinski definition) is 5. The van der Waals surface area contributed by atoms with E-state index in [-0.39, 0.29) is 17.1 Å². The first-order chi connectivity index (χ1) is 8.99. The molecule has 3 N–H and O–H groups in total. The third-order valence-corrected chi connectivity index (χ3v) is 3.66. The number of carbonyl (C=O) groups is 1. The number of aromatic amines is 1.